The molecule has 3 N–H and O–H groups in total. The fraction of sp³-hybridized carbons (Fsp3) is 0.300. The Kier molecular flexibility index (Phi) is 7.22. The minimum Gasteiger partial charge on any atom is -0.491 e. The summed E-state index contributed by atoms with van der Waals surface area (Å²) in [5.74, 6) is -0.0486. The van der Waals surface area contributed by atoms with E-state index in [1.807, 2.05) is 38.1 Å². The van der Waals surface area contributed by atoms with E-state index in [1.54, 1.807) is 0 Å². The number of nitrogens with one attached hydrogen (secondary N) is 3. The van der Waals surface area contributed by atoms with Gasteiger partial charge in [0.25, 0.3) is 5.91 Å². The molecule has 0 spiro atoms. The molecule has 156 valence electrons. The number of amides is 2. The minimum absolute atomic E-state index is 0.0669. The predicted molar refractivity (Wildman–Crippen MR) is 113 cm³/mol. The lowest BCUT2D eigenvalue weighted by Crippen LogP contribution is -2.25. The average molecular weight is 420 g/mol. The maximum Gasteiger partial charge on any atom is 0.253 e. The zero-order valence-corrected chi connectivity index (χ0v) is 17.6. The van der Waals surface area contributed by atoms with Crippen LogP contribution in [0.25, 0.3) is 0 Å². The standard InChI is InChI=1S/C20H25N3O5S/c1-13(2)28-17-8-5-15(6-9-17)12-21-20(25)18-11-16(22-14(3)24)7-10-19(18)23-29(4,26)27/h5-11,13,23H,12H2,1-4H3,(H,21,25)(H,22,24). The van der Waals surface area contributed by atoms with E-state index in [-0.39, 0.29) is 29.8 Å². The maximum atomic E-state index is 12.7. The van der Waals surface area contributed by atoms with Crippen molar-refractivity contribution in [1.82, 2.24) is 5.32 Å². The Morgan fingerprint density at radius 1 is 1.07 bits per heavy atom. The Bertz CT molecular complexity index is 986. The summed E-state index contributed by atoms with van der Waals surface area (Å²) < 4.78 is 31.1. The molecule has 0 aliphatic heterocycles. The van der Waals surface area contributed by atoms with Gasteiger partial charge in [-0.25, -0.2) is 8.42 Å². The van der Waals surface area contributed by atoms with Crippen LogP contribution in [0.4, 0.5) is 11.4 Å². The Balaban J connectivity index is 2.17. The van der Waals surface area contributed by atoms with Gasteiger partial charge in [-0.2, -0.15) is 0 Å². The van der Waals surface area contributed by atoms with Crippen molar-refractivity contribution in [1.29, 1.82) is 0 Å². The number of hydrogen-bond acceptors (Lipinski definition) is 5. The highest BCUT2D eigenvalue weighted by Gasteiger charge is 2.15. The van der Waals surface area contributed by atoms with Crippen LogP contribution in [-0.2, 0) is 21.4 Å². The molecule has 2 aromatic rings. The SMILES string of the molecule is CC(=O)Nc1ccc(NS(C)(=O)=O)c(C(=O)NCc2ccc(OC(C)C)cc2)c1. The maximum absolute atomic E-state index is 12.7. The first-order valence-corrected chi connectivity index (χ1v) is 10.9. The number of carbonyl (C=O) groups excluding carboxylic acids is 2. The molecule has 0 fully saturated rings. The fourth-order valence-corrected chi connectivity index (χ4v) is 3.11. The van der Waals surface area contributed by atoms with Crippen LogP contribution in [0, 0.1) is 0 Å². The third-order valence-corrected chi connectivity index (χ3v) is 4.22. The Labute approximate surface area is 170 Å². The smallest absolute Gasteiger partial charge is 0.253 e. The van der Waals surface area contributed by atoms with Crippen LogP contribution in [-0.4, -0.2) is 32.6 Å². The molecule has 8 nitrogen and oxygen atoms in total. The summed E-state index contributed by atoms with van der Waals surface area (Å²) in [5.41, 5.74) is 1.46. The summed E-state index contributed by atoms with van der Waals surface area (Å²) in [6.45, 7) is 5.45. The monoisotopic (exact) mass is 419 g/mol. The highest BCUT2D eigenvalue weighted by molar-refractivity contribution is 7.92. The van der Waals surface area contributed by atoms with Crippen LogP contribution in [0.2, 0.25) is 0 Å². The molecule has 2 aromatic carbocycles. The van der Waals surface area contributed by atoms with Crippen LogP contribution >= 0.6 is 0 Å². The van der Waals surface area contributed by atoms with E-state index in [9.17, 15) is 18.0 Å². The van der Waals surface area contributed by atoms with Gasteiger partial charge >= 0.3 is 0 Å². The lowest BCUT2D eigenvalue weighted by atomic mass is 10.1. The Morgan fingerprint density at radius 2 is 1.72 bits per heavy atom. The molecular formula is C20H25N3O5S. The third kappa shape index (κ3) is 7.46. The van der Waals surface area contributed by atoms with Gasteiger partial charge < -0.3 is 15.4 Å². The van der Waals surface area contributed by atoms with Crippen LogP contribution < -0.4 is 20.1 Å². The fourth-order valence-electron chi connectivity index (χ4n) is 2.54. The van der Waals surface area contributed by atoms with Gasteiger partial charge in [0, 0.05) is 19.2 Å². The number of hydrogen-bond donors (Lipinski definition) is 3. The molecule has 9 heteroatoms. The van der Waals surface area contributed by atoms with Crippen molar-refractivity contribution in [2.24, 2.45) is 0 Å². The van der Waals surface area contributed by atoms with Gasteiger partial charge in [-0.05, 0) is 49.7 Å². The van der Waals surface area contributed by atoms with Crippen molar-refractivity contribution in [3.63, 3.8) is 0 Å². The van der Waals surface area contributed by atoms with Gasteiger partial charge in [-0.3, -0.25) is 14.3 Å². The number of rotatable bonds is 8. The Hall–Kier alpha value is -3.07. The summed E-state index contributed by atoms with van der Waals surface area (Å²) >= 11 is 0. The predicted octanol–water partition coefficient (Wildman–Crippen LogP) is 2.73. The van der Waals surface area contributed by atoms with E-state index >= 15 is 0 Å². The summed E-state index contributed by atoms with van der Waals surface area (Å²) in [5, 5.41) is 5.33. The van der Waals surface area contributed by atoms with Crippen LogP contribution in [0.5, 0.6) is 5.75 Å². The lowest BCUT2D eigenvalue weighted by Gasteiger charge is -2.14. The number of benzene rings is 2. The van der Waals surface area contributed by atoms with Gasteiger partial charge in [-0.1, -0.05) is 12.1 Å². The van der Waals surface area contributed by atoms with E-state index < -0.39 is 15.9 Å². The molecule has 0 saturated heterocycles. The topological polar surface area (TPSA) is 114 Å². The summed E-state index contributed by atoms with van der Waals surface area (Å²) in [7, 11) is -3.58. The number of ether oxygens (including phenoxy) is 1. The molecule has 0 aromatic heterocycles. The molecule has 0 heterocycles. The van der Waals surface area contributed by atoms with Crippen molar-refractivity contribution < 1.29 is 22.7 Å². The zero-order valence-electron chi connectivity index (χ0n) is 16.8. The van der Waals surface area contributed by atoms with Gasteiger partial charge in [0.15, 0.2) is 0 Å². The molecule has 2 amide bonds. The second kappa shape index (κ2) is 9.42. The third-order valence-electron chi connectivity index (χ3n) is 3.63. The largest absolute Gasteiger partial charge is 0.491 e. The normalized spacial score (nSPS) is 11.1. The quantitative estimate of drug-likeness (QED) is 0.609. The summed E-state index contributed by atoms with van der Waals surface area (Å²) in [4.78, 5) is 24.0. The number of sulfonamides is 1. The van der Waals surface area contributed by atoms with Crippen molar-refractivity contribution in [3.05, 3.63) is 53.6 Å². The van der Waals surface area contributed by atoms with E-state index in [0.717, 1.165) is 17.6 Å². The lowest BCUT2D eigenvalue weighted by molar-refractivity contribution is -0.114. The summed E-state index contributed by atoms with van der Waals surface area (Å²) in [6, 6.07) is 11.7. The molecule has 0 atom stereocenters. The van der Waals surface area contributed by atoms with E-state index in [0.29, 0.717) is 5.69 Å². The molecule has 0 radical (unpaired) electrons. The first-order chi connectivity index (χ1) is 13.5. The van der Waals surface area contributed by atoms with Crippen molar-refractivity contribution >= 4 is 33.2 Å². The molecule has 2 rings (SSSR count). The second-order valence-electron chi connectivity index (χ2n) is 6.81. The second-order valence-corrected chi connectivity index (χ2v) is 8.56. The molecule has 0 aliphatic rings. The molecule has 29 heavy (non-hydrogen) atoms. The minimum atomic E-state index is -3.58. The van der Waals surface area contributed by atoms with Gasteiger partial charge in [0.05, 0.1) is 23.6 Å². The van der Waals surface area contributed by atoms with E-state index in [2.05, 4.69) is 15.4 Å². The average Bonchev–Trinajstić information content (AvgIpc) is 2.60. The highest BCUT2D eigenvalue weighted by atomic mass is 32.2. The van der Waals surface area contributed by atoms with Gasteiger partial charge in [0.1, 0.15) is 5.75 Å². The first kappa shape index (κ1) is 22.2. The zero-order chi connectivity index (χ0) is 21.6. The molecule has 0 aliphatic carbocycles. The van der Waals surface area contributed by atoms with Crippen molar-refractivity contribution in [3.8, 4) is 5.75 Å². The highest BCUT2D eigenvalue weighted by Crippen LogP contribution is 2.22. The number of anilines is 2. The van der Waals surface area contributed by atoms with Crippen molar-refractivity contribution in [2.75, 3.05) is 16.3 Å². The molecule has 0 bridgehead atoms. The van der Waals surface area contributed by atoms with E-state index in [4.69, 9.17) is 4.74 Å². The molecule has 0 unspecified atom stereocenters. The van der Waals surface area contributed by atoms with Crippen molar-refractivity contribution in [2.45, 2.75) is 33.4 Å². The molecule has 0 saturated carbocycles. The first-order valence-electron chi connectivity index (χ1n) is 8.96. The molecular weight excluding hydrogens is 394 g/mol. The van der Waals surface area contributed by atoms with Crippen LogP contribution in [0.3, 0.4) is 0 Å². The van der Waals surface area contributed by atoms with Crippen LogP contribution in [0.15, 0.2) is 42.5 Å². The summed E-state index contributed by atoms with van der Waals surface area (Å²) in [6.07, 6.45) is 1.06. The Morgan fingerprint density at radius 3 is 2.28 bits per heavy atom. The van der Waals surface area contributed by atoms with Gasteiger partial charge in [-0.15, -0.1) is 0 Å². The van der Waals surface area contributed by atoms with E-state index in [1.165, 1.54) is 25.1 Å². The van der Waals surface area contributed by atoms with Crippen LogP contribution in [0.1, 0.15) is 36.7 Å². The van der Waals surface area contributed by atoms with Gasteiger partial charge in [0.2, 0.25) is 15.9 Å². The number of carbonyl (C=O) groups is 2.